The van der Waals surface area contributed by atoms with Gasteiger partial charge in [0.05, 0.1) is 11.3 Å². The molecule has 2 aromatic carbocycles. The third-order valence-electron chi connectivity index (χ3n) is 4.65. The van der Waals surface area contributed by atoms with Crippen molar-refractivity contribution in [3.05, 3.63) is 59.7 Å². The number of alkyl halides is 3. The average molecular weight is 449 g/mol. The monoisotopic (exact) mass is 448 g/mol. The Morgan fingerprint density at radius 3 is 2.32 bits per heavy atom. The Labute approximate surface area is 183 Å². The van der Waals surface area contributed by atoms with Crippen molar-refractivity contribution in [2.24, 2.45) is 7.05 Å². The first-order valence-electron chi connectivity index (χ1n) is 9.55. The molecule has 0 fully saturated rings. The second kappa shape index (κ2) is 8.74. The fraction of sp³-hybridized carbons (Fsp3) is 0.318. The van der Waals surface area contributed by atoms with Gasteiger partial charge in [0.25, 0.3) is 0 Å². The number of rotatable bonds is 5. The van der Waals surface area contributed by atoms with Crippen LogP contribution in [0.4, 0.5) is 18.9 Å². The van der Waals surface area contributed by atoms with Gasteiger partial charge in [-0.05, 0) is 29.2 Å². The topological polar surface area (TPSA) is 59.8 Å². The van der Waals surface area contributed by atoms with E-state index < -0.39 is 17.6 Å². The quantitative estimate of drug-likeness (QED) is 0.522. The third kappa shape index (κ3) is 5.66. The van der Waals surface area contributed by atoms with Crippen LogP contribution in [0.25, 0.3) is 11.4 Å². The molecule has 0 saturated carbocycles. The highest BCUT2D eigenvalue weighted by atomic mass is 32.2. The maximum absolute atomic E-state index is 12.8. The summed E-state index contributed by atoms with van der Waals surface area (Å²) in [4.78, 5) is 12.2. The SMILES string of the molecule is Cn1c(SCC(=O)Nc2cccc(C(F)(F)F)c2)nnc1-c1ccc(C(C)(C)C)cc1. The van der Waals surface area contributed by atoms with E-state index in [4.69, 9.17) is 0 Å². The van der Waals surface area contributed by atoms with Gasteiger partial charge in [-0.3, -0.25) is 4.79 Å². The summed E-state index contributed by atoms with van der Waals surface area (Å²) in [6, 6.07) is 12.6. The molecule has 0 radical (unpaired) electrons. The Kier molecular flexibility index (Phi) is 6.45. The second-order valence-corrected chi connectivity index (χ2v) is 9.05. The fourth-order valence-corrected chi connectivity index (χ4v) is 3.62. The number of nitrogens with one attached hydrogen (secondary N) is 1. The number of halogens is 3. The lowest BCUT2D eigenvalue weighted by Crippen LogP contribution is -2.15. The van der Waals surface area contributed by atoms with E-state index in [1.54, 1.807) is 11.6 Å². The zero-order valence-electron chi connectivity index (χ0n) is 17.6. The van der Waals surface area contributed by atoms with Crippen LogP contribution in [0.3, 0.4) is 0 Å². The molecule has 1 aromatic heterocycles. The van der Waals surface area contributed by atoms with E-state index in [2.05, 4.69) is 48.4 Å². The number of benzene rings is 2. The van der Waals surface area contributed by atoms with Crippen LogP contribution in [0, 0.1) is 0 Å². The molecule has 0 saturated heterocycles. The van der Waals surface area contributed by atoms with Crippen molar-refractivity contribution in [1.82, 2.24) is 14.8 Å². The zero-order chi connectivity index (χ0) is 22.8. The summed E-state index contributed by atoms with van der Waals surface area (Å²) in [6.45, 7) is 6.43. The number of hydrogen-bond acceptors (Lipinski definition) is 4. The van der Waals surface area contributed by atoms with Gasteiger partial charge in [0.1, 0.15) is 0 Å². The Morgan fingerprint density at radius 1 is 1.03 bits per heavy atom. The van der Waals surface area contributed by atoms with E-state index in [1.807, 2.05) is 12.1 Å². The molecule has 3 aromatic rings. The van der Waals surface area contributed by atoms with E-state index in [0.717, 1.165) is 29.5 Å². The van der Waals surface area contributed by atoms with Gasteiger partial charge in [-0.2, -0.15) is 13.2 Å². The summed E-state index contributed by atoms with van der Waals surface area (Å²) in [5.74, 6) is 0.232. The van der Waals surface area contributed by atoms with Gasteiger partial charge < -0.3 is 9.88 Å². The number of carbonyl (C=O) groups excluding carboxylic acids is 1. The number of nitrogens with zero attached hydrogens (tertiary/aromatic N) is 3. The molecule has 0 unspecified atom stereocenters. The van der Waals surface area contributed by atoms with Gasteiger partial charge in [-0.15, -0.1) is 10.2 Å². The summed E-state index contributed by atoms with van der Waals surface area (Å²) in [5.41, 5.74) is 1.45. The minimum atomic E-state index is -4.46. The molecule has 0 aliphatic heterocycles. The molecule has 0 aliphatic carbocycles. The van der Waals surface area contributed by atoms with Gasteiger partial charge in [0, 0.05) is 18.3 Å². The lowest BCUT2D eigenvalue weighted by Gasteiger charge is -2.19. The number of anilines is 1. The van der Waals surface area contributed by atoms with E-state index in [9.17, 15) is 18.0 Å². The van der Waals surface area contributed by atoms with Crippen LogP contribution in [0.1, 0.15) is 31.9 Å². The second-order valence-electron chi connectivity index (χ2n) is 8.11. The standard InChI is InChI=1S/C22H23F3N4OS/c1-21(2,3)15-10-8-14(9-11-15)19-27-28-20(29(19)4)31-13-18(30)26-17-7-5-6-16(12-17)22(23,24)25/h5-12H,13H2,1-4H3,(H,26,30). The molecule has 0 atom stereocenters. The van der Waals surface area contributed by atoms with Crippen LogP contribution in [-0.4, -0.2) is 26.4 Å². The number of thioether (sulfide) groups is 1. The third-order valence-corrected chi connectivity index (χ3v) is 5.67. The van der Waals surface area contributed by atoms with E-state index in [0.29, 0.717) is 11.0 Å². The first-order chi connectivity index (χ1) is 14.4. The van der Waals surface area contributed by atoms with Crippen molar-refractivity contribution in [2.75, 3.05) is 11.1 Å². The minimum absolute atomic E-state index is 0.00875. The predicted octanol–water partition coefficient (Wildman–Crippen LogP) is 5.53. The molecule has 1 heterocycles. The Morgan fingerprint density at radius 2 is 1.71 bits per heavy atom. The normalized spacial score (nSPS) is 12.1. The molecule has 9 heteroatoms. The Hall–Kier alpha value is -2.81. The highest BCUT2D eigenvalue weighted by Gasteiger charge is 2.30. The highest BCUT2D eigenvalue weighted by Crippen LogP contribution is 2.31. The van der Waals surface area contributed by atoms with Crippen LogP contribution >= 0.6 is 11.8 Å². The summed E-state index contributed by atoms with van der Waals surface area (Å²) in [5, 5.41) is 11.4. The highest BCUT2D eigenvalue weighted by molar-refractivity contribution is 7.99. The van der Waals surface area contributed by atoms with E-state index >= 15 is 0 Å². The molecular formula is C22H23F3N4OS. The van der Waals surface area contributed by atoms with Crippen molar-refractivity contribution in [2.45, 2.75) is 37.5 Å². The molecule has 5 nitrogen and oxygen atoms in total. The summed E-state index contributed by atoms with van der Waals surface area (Å²) >= 11 is 1.16. The first-order valence-corrected chi connectivity index (χ1v) is 10.5. The number of aromatic nitrogens is 3. The van der Waals surface area contributed by atoms with Crippen LogP contribution < -0.4 is 5.32 Å². The molecular weight excluding hydrogens is 425 g/mol. The van der Waals surface area contributed by atoms with Gasteiger partial charge in [0.15, 0.2) is 11.0 Å². The average Bonchev–Trinajstić information content (AvgIpc) is 3.06. The van der Waals surface area contributed by atoms with Gasteiger partial charge >= 0.3 is 6.18 Å². The van der Waals surface area contributed by atoms with Crippen molar-refractivity contribution in [1.29, 1.82) is 0 Å². The van der Waals surface area contributed by atoms with Crippen LogP contribution in [0.5, 0.6) is 0 Å². The Bertz CT molecular complexity index is 1070. The first kappa shape index (κ1) is 22.9. The minimum Gasteiger partial charge on any atom is -0.325 e. The molecule has 31 heavy (non-hydrogen) atoms. The maximum atomic E-state index is 12.8. The van der Waals surface area contributed by atoms with Gasteiger partial charge in [0.2, 0.25) is 5.91 Å². The van der Waals surface area contributed by atoms with Crippen LogP contribution in [0.2, 0.25) is 0 Å². The smallest absolute Gasteiger partial charge is 0.325 e. The van der Waals surface area contributed by atoms with Gasteiger partial charge in [-0.1, -0.05) is 62.9 Å². The van der Waals surface area contributed by atoms with Crippen molar-refractivity contribution in [3.63, 3.8) is 0 Å². The zero-order valence-corrected chi connectivity index (χ0v) is 18.4. The molecule has 0 bridgehead atoms. The predicted molar refractivity (Wildman–Crippen MR) is 116 cm³/mol. The summed E-state index contributed by atoms with van der Waals surface area (Å²) in [6.07, 6.45) is -4.46. The van der Waals surface area contributed by atoms with Crippen LogP contribution in [-0.2, 0) is 23.4 Å². The molecule has 0 spiro atoms. The number of hydrogen-bond donors (Lipinski definition) is 1. The molecule has 164 valence electrons. The molecule has 1 N–H and O–H groups in total. The molecule has 0 aliphatic rings. The summed E-state index contributed by atoms with van der Waals surface area (Å²) < 4.78 is 40.2. The maximum Gasteiger partial charge on any atom is 0.416 e. The van der Waals surface area contributed by atoms with Crippen molar-refractivity contribution in [3.8, 4) is 11.4 Å². The van der Waals surface area contributed by atoms with E-state index in [1.165, 1.54) is 17.7 Å². The summed E-state index contributed by atoms with van der Waals surface area (Å²) in [7, 11) is 1.81. The van der Waals surface area contributed by atoms with Crippen molar-refractivity contribution < 1.29 is 18.0 Å². The molecule has 3 rings (SSSR count). The fourth-order valence-electron chi connectivity index (χ4n) is 2.91. The number of amides is 1. The lowest BCUT2D eigenvalue weighted by molar-refractivity contribution is -0.137. The molecule has 1 amide bonds. The lowest BCUT2D eigenvalue weighted by atomic mass is 9.87. The largest absolute Gasteiger partial charge is 0.416 e. The van der Waals surface area contributed by atoms with Crippen molar-refractivity contribution >= 4 is 23.4 Å². The number of carbonyl (C=O) groups is 1. The van der Waals surface area contributed by atoms with Crippen LogP contribution in [0.15, 0.2) is 53.7 Å². The van der Waals surface area contributed by atoms with E-state index in [-0.39, 0.29) is 16.9 Å². The van der Waals surface area contributed by atoms with Gasteiger partial charge in [-0.25, -0.2) is 0 Å². The Balaban J connectivity index is 1.64.